The molecule has 0 heterocycles. The summed E-state index contributed by atoms with van der Waals surface area (Å²) in [7, 11) is 1.61. The molecule has 5 heteroatoms. The highest BCUT2D eigenvalue weighted by molar-refractivity contribution is 5.73. The van der Waals surface area contributed by atoms with Crippen LogP contribution in [0.4, 0.5) is 9.18 Å². The van der Waals surface area contributed by atoms with Gasteiger partial charge in [0.1, 0.15) is 11.6 Å². The van der Waals surface area contributed by atoms with Crippen LogP contribution in [0, 0.1) is 5.82 Å². The number of benzene rings is 2. The maximum Gasteiger partial charge on any atom is 0.315 e. The second-order valence-corrected chi connectivity index (χ2v) is 4.84. The van der Waals surface area contributed by atoms with E-state index in [1.807, 2.05) is 30.3 Å². The van der Waals surface area contributed by atoms with Crippen molar-refractivity contribution in [1.82, 2.24) is 10.6 Å². The number of halogens is 1. The molecule has 116 valence electrons. The monoisotopic (exact) mass is 302 g/mol. The zero-order chi connectivity index (χ0) is 15.8. The van der Waals surface area contributed by atoms with Gasteiger partial charge in [0, 0.05) is 13.1 Å². The van der Waals surface area contributed by atoms with Crippen molar-refractivity contribution < 1.29 is 13.9 Å². The van der Waals surface area contributed by atoms with Crippen LogP contribution in [0.3, 0.4) is 0 Å². The number of carbonyl (C=O) groups excluding carboxylic acids is 1. The molecule has 0 aliphatic rings. The molecule has 0 saturated heterocycles. The lowest BCUT2D eigenvalue weighted by molar-refractivity contribution is 0.240. The molecule has 2 aromatic rings. The number of urea groups is 1. The molecule has 0 fully saturated rings. The number of amides is 2. The van der Waals surface area contributed by atoms with E-state index in [4.69, 9.17) is 4.74 Å². The van der Waals surface area contributed by atoms with Gasteiger partial charge in [0.25, 0.3) is 0 Å². The molecule has 2 rings (SSSR count). The first-order valence-electron chi connectivity index (χ1n) is 7.06. The SMILES string of the molecule is COc1ccc(CNC(=O)NCCc2cccc(F)c2)cc1. The molecule has 0 bridgehead atoms. The smallest absolute Gasteiger partial charge is 0.315 e. The molecule has 0 aromatic heterocycles. The van der Waals surface area contributed by atoms with Crippen LogP contribution < -0.4 is 15.4 Å². The van der Waals surface area contributed by atoms with Gasteiger partial charge in [0.05, 0.1) is 7.11 Å². The first-order chi connectivity index (χ1) is 10.7. The zero-order valence-electron chi connectivity index (χ0n) is 12.4. The second kappa shape index (κ2) is 8.02. The molecule has 0 radical (unpaired) electrons. The highest BCUT2D eigenvalue weighted by Crippen LogP contribution is 2.10. The molecule has 22 heavy (non-hydrogen) atoms. The predicted molar refractivity (Wildman–Crippen MR) is 83.3 cm³/mol. The summed E-state index contributed by atoms with van der Waals surface area (Å²) >= 11 is 0. The number of nitrogens with one attached hydrogen (secondary N) is 2. The largest absolute Gasteiger partial charge is 0.497 e. The fourth-order valence-electron chi connectivity index (χ4n) is 2.00. The van der Waals surface area contributed by atoms with Crippen molar-refractivity contribution in [3.63, 3.8) is 0 Å². The Morgan fingerprint density at radius 3 is 2.55 bits per heavy atom. The molecule has 0 saturated carbocycles. The van der Waals surface area contributed by atoms with E-state index in [1.54, 1.807) is 13.2 Å². The second-order valence-electron chi connectivity index (χ2n) is 4.84. The van der Waals surface area contributed by atoms with Crippen LogP contribution in [-0.2, 0) is 13.0 Å². The summed E-state index contributed by atoms with van der Waals surface area (Å²) in [6.07, 6.45) is 0.591. The van der Waals surface area contributed by atoms with E-state index < -0.39 is 0 Å². The Hall–Kier alpha value is -2.56. The first kappa shape index (κ1) is 15.8. The van der Waals surface area contributed by atoms with Crippen molar-refractivity contribution in [3.05, 3.63) is 65.5 Å². The highest BCUT2D eigenvalue weighted by Gasteiger charge is 2.01. The summed E-state index contributed by atoms with van der Waals surface area (Å²) in [6.45, 7) is 0.897. The summed E-state index contributed by atoms with van der Waals surface area (Å²) in [5.41, 5.74) is 1.84. The number of rotatable bonds is 6. The average molecular weight is 302 g/mol. The molecule has 0 unspecified atom stereocenters. The standard InChI is InChI=1S/C17H19FN2O2/c1-22-16-7-5-14(6-8-16)12-20-17(21)19-10-9-13-3-2-4-15(18)11-13/h2-8,11H,9-10,12H2,1H3,(H2,19,20,21). The molecular formula is C17H19FN2O2. The zero-order valence-corrected chi connectivity index (χ0v) is 12.4. The van der Waals surface area contributed by atoms with E-state index in [2.05, 4.69) is 10.6 Å². The molecule has 2 amide bonds. The maximum absolute atomic E-state index is 13.0. The van der Waals surface area contributed by atoms with Gasteiger partial charge in [-0.2, -0.15) is 0 Å². The van der Waals surface area contributed by atoms with Crippen LogP contribution in [-0.4, -0.2) is 19.7 Å². The van der Waals surface area contributed by atoms with Crippen molar-refractivity contribution in [2.75, 3.05) is 13.7 Å². The number of methoxy groups -OCH3 is 1. The van der Waals surface area contributed by atoms with Crippen LogP contribution >= 0.6 is 0 Å². The van der Waals surface area contributed by atoms with Gasteiger partial charge in [-0.05, 0) is 41.8 Å². The van der Waals surface area contributed by atoms with Crippen LogP contribution in [0.1, 0.15) is 11.1 Å². The van der Waals surface area contributed by atoms with Crippen LogP contribution in [0.25, 0.3) is 0 Å². The molecule has 0 aliphatic carbocycles. The summed E-state index contributed by atoms with van der Waals surface area (Å²) in [5, 5.41) is 5.52. The Morgan fingerprint density at radius 1 is 1.09 bits per heavy atom. The van der Waals surface area contributed by atoms with Crippen LogP contribution in [0.5, 0.6) is 5.75 Å². The van der Waals surface area contributed by atoms with E-state index in [-0.39, 0.29) is 11.8 Å². The Morgan fingerprint density at radius 2 is 1.86 bits per heavy atom. The molecule has 0 atom stereocenters. The van der Waals surface area contributed by atoms with Crippen molar-refractivity contribution in [2.24, 2.45) is 0 Å². The fraction of sp³-hybridized carbons (Fsp3) is 0.235. The lowest BCUT2D eigenvalue weighted by Crippen LogP contribution is -2.36. The molecule has 2 aromatic carbocycles. The third-order valence-electron chi connectivity index (χ3n) is 3.20. The highest BCUT2D eigenvalue weighted by atomic mass is 19.1. The predicted octanol–water partition coefficient (Wildman–Crippen LogP) is 2.88. The maximum atomic E-state index is 13.0. The fourth-order valence-corrected chi connectivity index (χ4v) is 2.00. The van der Waals surface area contributed by atoms with E-state index in [1.165, 1.54) is 12.1 Å². The molecule has 0 spiro atoms. The minimum absolute atomic E-state index is 0.243. The van der Waals surface area contributed by atoms with Gasteiger partial charge in [-0.25, -0.2) is 9.18 Å². The minimum atomic E-state index is -0.263. The molecule has 4 nitrogen and oxygen atoms in total. The average Bonchev–Trinajstić information content (AvgIpc) is 2.53. The van der Waals surface area contributed by atoms with E-state index in [0.29, 0.717) is 19.5 Å². The minimum Gasteiger partial charge on any atom is -0.497 e. The van der Waals surface area contributed by atoms with Gasteiger partial charge in [-0.1, -0.05) is 24.3 Å². The Bertz CT molecular complexity index is 614. The van der Waals surface area contributed by atoms with Crippen molar-refractivity contribution in [3.8, 4) is 5.75 Å². The quantitative estimate of drug-likeness (QED) is 0.862. The molecular weight excluding hydrogens is 283 g/mol. The normalized spacial score (nSPS) is 10.1. The van der Waals surface area contributed by atoms with Gasteiger partial charge < -0.3 is 15.4 Å². The first-order valence-corrected chi connectivity index (χ1v) is 7.06. The topological polar surface area (TPSA) is 50.4 Å². The Labute approximate surface area is 129 Å². The van der Waals surface area contributed by atoms with Gasteiger partial charge in [0.2, 0.25) is 0 Å². The number of carbonyl (C=O) groups is 1. The Balaban J connectivity index is 1.69. The van der Waals surface area contributed by atoms with E-state index >= 15 is 0 Å². The van der Waals surface area contributed by atoms with Crippen molar-refractivity contribution in [2.45, 2.75) is 13.0 Å². The lowest BCUT2D eigenvalue weighted by Gasteiger charge is -2.08. The van der Waals surface area contributed by atoms with Crippen LogP contribution in [0.2, 0.25) is 0 Å². The molecule has 0 aliphatic heterocycles. The van der Waals surface area contributed by atoms with Gasteiger partial charge >= 0.3 is 6.03 Å². The van der Waals surface area contributed by atoms with Crippen LogP contribution in [0.15, 0.2) is 48.5 Å². The van der Waals surface area contributed by atoms with E-state index in [9.17, 15) is 9.18 Å². The summed E-state index contributed by atoms with van der Waals surface area (Å²) < 4.78 is 18.1. The summed E-state index contributed by atoms with van der Waals surface area (Å²) in [5.74, 6) is 0.518. The number of ether oxygens (including phenoxy) is 1. The summed E-state index contributed by atoms with van der Waals surface area (Å²) in [6, 6.07) is 13.6. The van der Waals surface area contributed by atoms with Crippen molar-refractivity contribution >= 4 is 6.03 Å². The van der Waals surface area contributed by atoms with Crippen molar-refractivity contribution in [1.29, 1.82) is 0 Å². The summed E-state index contributed by atoms with van der Waals surface area (Å²) in [4.78, 5) is 11.7. The van der Waals surface area contributed by atoms with Gasteiger partial charge in [-0.15, -0.1) is 0 Å². The Kier molecular flexibility index (Phi) is 5.77. The third kappa shape index (κ3) is 5.09. The van der Waals surface area contributed by atoms with Gasteiger partial charge in [-0.3, -0.25) is 0 Å². The number of hydrogen-bond donors (Lipinski definition) is 2. The van der Waals surface area contributed by atoms with E-state index in [0.717, 1.165) is 16.9 Å². The lowest BCUT2D eigenvalue weighted by atomic mass is 10.1. The third-order valence-corrected chi connectivity index (χ3v) is 3.20. The molecule has 2 N–H and O–H groups in total. The number of hydrogen-bond acceptors (Lipinski definition) is 2. The van der Waals surface area contributed by atoms with Gasteiger partial charge in [0.15, 0.2) is 0 Å².